The molecule has 6 nitrogen and oxygen atoms in total. The number of anilines is 1. The molecule has 1 amide bonds. The molecule has 4 rings (SSSR count). The van der Waals surface area contributed by atoms with Crippen molar-refractivity contribution in [2.24, 2.45) is 0 Å². The van der Waals surface area contributed by atoms with Gasteiger partial charge in [-0.25, -0.2) is 9.97 Å². The molecule has 0 unspecified atom stereocenters. The van der Waals surface area contributed by atoms with Gasteiger partial charge in [-0.05, 0) is 19.1 Å². The molecule has 3 heterocycles. The second kappa shape index (κ2) is 5.96. The first kappa shape index (κ1) is 14.7. The van der Waals surface area contributed by atoms with E-state index in [1.54, 1.807) is 12.4 Å². The number of hydrogen-bond acceptors (Lipinski definition) is 4. The van der Waals surface area contributed by atoms with Crippen LogP contribution in [0.3, 0.4) is 0 Å². The van der Waals surface area contributed by atoms with Crippen molar-refractivity contribution in [2.45, 2.75) is 6.92 Å². The number of fused-ring (bicyclic) bond motifs is 1. The average Bonchev–Trinajstić information content (AvgIpc) is 2.98. The van der Waals surface area contributed by atoms with Crippen molar-refractivity contribution < 1.29 is 4.79 Å². The van der Waals surface area contributed by atoms with E-state index in [1.807, 2.05) is 42.2 Å². The lowest BCUT2D eigenvalue weighted by molar-refractivity contribution is 0.0747. The average molecular weight is 321 g/mol. The van der Waals surface area contributed by atoms with Gasteiger partial charge in [0.1, 0.15) is 0 Å². The Balaban J connectivity index is 1.53. The Bertz CT molecular complexity index is 866. The number of para-hydroxylation sites is 1. The van der Waals surface area contributed by atoms with E-state index in [9.17, 15) is 4.79 Å². The van der Waals surface area contributed by atoms with Crippen LogP contribution in [-0.4, -0.2) is 51.9 Å². The van der Waals surface area contributed by atoms with Crippen LogP contribution >= 0.6 is 0 Å². The minimum Gasteiger partial charge on any atom is -0.358 e. The Morgan fingerprint density at radius 2 is 1.75 bits per heavy atom. The number of H-pyrrole nitrogens is 1. The van der Waals surface area contributed by atoms with Crippen LogP contribution in [-0.2, 0) is 0 Å². The van der Waals surface area contributed by atoms with Crippen LogP contribution in [0.25, 0.3) is 10.9 Å². The molecule has 2 aromatic heterocycles. The van der Waals surface area contributed by atoms with Gasteiger partial charge >= 0.3 is 0 Å². The molecule has 24 heavy (non-hydrogen) atoms. The largest absolute Gasteiger partial charge is 0.358 e. The number of nitrogens with one attached hydrogen (secondary N) is 1. The summed E-state index contributed by atoms with van der Waals surface area (Å²) in [5.74, 6) is 0.825. The molecule has 0 atom stereocenters. The number of aryl methyl sites for hydroxylation is 1. The predicted octanol–water partition coefficient (Wildman–Crippen LogP) is 2.23. The number of carbonyl (C=O) groups is 1. The minimum absolute atomic E-state index is 0.0959. The van der Waals surface area contributed by atoms with Gasteiger partial charge in [-0.2, -0.15) is 0 Å². The highest BCUT2D eigenvalue weighted by molar-refractivity contribution is 6.08. The third-order valence-corrected chi connectivity index (χ3v) is 4.51. The number of benzene rings is 1. The highest BCUT2D eigenvalue weighted by atomic mass is 16.2. The molecule has 0 bridgehead atoms. The van der Waals surface area contributed by atoms with Crippen LogP contribution in [0.4, 0.5) is 5.95 Å². The zero-order valence-electron chi connectivity index (χ0n) is 13.6. The van der Waals surface area contributed by atoms with Gasteiger partial charge in [0, 0.05) is 55.2 Å². The summed E-state index contributed by atoms with van der Waals surface area (Å²) >= 11 is 0. The van der Waals surface area contributed by atoms with Gasteiger partial charge in [-0.1, -0.05) is 18.2 Å². The number of rotatable bonds is 2. The number of aromatic nitrogens is 3. The van der Waals surface area contributed by atoms with Crippen LogP contribution in [0.1, 0.15) is 16.1 Å². The van der Waals surface area contributed by atoms with Crippen molar-refractivity contribution >= 4 is 22.8 Å². The lowest BCUT2D eigenvalue weighted by atomic mass is 10.1. The van der Waals surface area contributed by atoms with Crippen molar-refractivity contribution in [3.05, 3.63) is 54.0 Å². The van der Waals surface area contributed by atoms with E-state index in [0.29, 0.717) is 13.1 Å². The van der Waals surface area contributed by atoms with Gasteiger partial charge < -0.3 is 14.8 Å². The zero-order valence-corrected chi connectivity index (χ0v) is 13.6. The van der Waals surface area contributed by atoms with E-state index in [2.05, 4.69) is 19.9 Å². The number of carbonyl (C=O) groups excluding carboxylic acids is 1. The molecule has 6 heteroatoms. The number of amides is 1. The second-order valence-electron chi connectivity index (χ2n) is 6.00. The molecular formula is C18H19N5O. The molecule has 3 aromatic rings. The van der Waals surface area contributed by atoms with Crippen molar-refractivity contribution in [1.82, 2.24) is 19.9 Å². The van der Waals surface area contributed by atoms with E-state index in [4.69, 9.17) is 0 Å². The molecule has 122 valence electrons. The number of nitrogens with zero attached hydrogens (tertiary/aromatic N) is 4. The summed E-state index contributed by atoms with van der Waals surface area (Å²) < 4.78 is 0. The smallest absolute Gasteiger partial charge is 0.256 e. The van der Waals surface area contributed by atoms with Crippen molar-refractivity contribution in [3.63, 3.8) is 0 Å². The molecule has 0 saturated carbocycles. The Morgan fingerprint density at radius 3 is 2.50 bits per heavy atom. The summed E-state index contributed by atoms with van der Waals surface area (Å²) in [4.78, 5) is 28.9. The van der Waals surface area contributed by atoms with Gasteiger partial charge in [0.2, 0.25) is 5.95 Å². The first-order chi connectivity index (χ1) is 11.7. The van der Waals surface area contributed by atoms with E-state index in [-0.39, 0.29) is 5.91 Å². The Morgan fingerprint density at radius 1 is 1.04 bits per heavy atom. The molecule has 1 aliphatic rings. The first-order valence-corrected chi connectivity index (χ1v) is 8.12. The lowest BCUT2D eigenvalue weighted by Gasteiger charge is -2.34. The fraction of sp³-hybridized carbons (Fsp3) is 0.278. The lowest BCUT2D eigenvalue weighted by Crippen LogP contribution is -2.49. The van der Waals surface area contributed by atoms with Crippen LogP contribution in [0.5, 0.6) is 0 Å². The molecule has 0 spiro atoms. The Labute approximate surface area is 140 Å². The molecule has 1 N–H and O–H groups in total. The van der Waals surface area contributed by atoms with Crippen LogP contribution in [0, 0.1) is 6.92 Å². The van der Waals surface area contributed by atoms with E-state index >= 15 is 0 Å². The summed E-state index contributed by atoms with van der Waals surface area (Å²) in [5, 5.41) is 0.994. The van der Waals surface area contributed by atoms with Gasteiger partial charge in [-0.15, -0.1) is 0 Å². The van der Waals surface area contributed by atoms with Gasteiger partial charge in [0.05, 0.1) is 5.56 Å². The maximum Gasteiger partial charge on any atom is 0.256 e. The fourth-order valence-electron chi connectivity index (χ4n) is 3.27. The standard InChI is InChI=1S/C18H19N5O/c1-13-16(14-5-2-3-6-15(14)21-13)17(24)22-9-11-23(12-10-22)18-19-7-4-8-20-18/h2-8,21H,9-12H2,1H3. The van der Waals surface area contributed by atoms with Crippen LogP contribution < -0.4 is 4.90 Å². The SMILES string of the molecule is Cc1[nH]c2ccccc2c1C(=O)N1CCN(c2ncccn2)CC1. The van der Waals surface area contributed by atoms with Gasteiger partial charge in [0.15, 0.2) is 0 Å². The van der Waals surface area contributed by atoms with E-state index < -0.39 is 0 Å². The Kier molecular flexibility index (Phi) is 3.65. The third-order valence-electron chi connectivity index (χ3n) is 4.51. The van der Waals surface area contributed by atoms with E-state index in [0.717, 1.165) is 41.2 Å². The quantitative estimate of drug-likeness (QED) is 0.786. The normalized spacial score (nSPS) is 15.0. The third kappa shape index (κ3) is 2.50. The summed E-state index contributed by atoms with van der Waals surface area (Å²) in [5.41, 5.74) is 2.72. The fourth-order valence-corrected chi connectivity index (χ4v) is 3.27. The minimum atomic E-state index is 0.0959. The highest BCUT2D eigenvalue weighted by Gasteiger charge is 2.26. The maximum atomic E-state index is 13.0. The number of piperazine rings is 1. The first-order valence-electron chi connectivity index (χ1n) is 8.12. The molecule has 0 radical (unpaired) electrons. The van der Waals surface area contributed by atoms with Gasteiger partial charge in [0.25, 0.3) is 5.91 Å². The van der Waals surface area contributed by atoms with Gasteiger partial charge in [-0.3, -0.25) is 4.79 Å². The monoisotopic (exact) mass is 321 g/mol. The molecule has 1 fully saturated rings. The number of hydrogen-bond donors (Lipinski definition) is 1. The zero-order chi connectivity index (χ0) is 16.5. The van der Waals surface area contributed by atoms with Crippen molar-refractivity contribution in [3.8, 4) is 0 Å². The summed E-state index contributed by atoms with van der Waals surface area (Å²) in [6.07, 6.45) is 3.49. The number of aromatic amines is 1. The van der Waals surface area contributed by atoms with Crippen molar-refractivity contribution in [1.29, 1.82) is 0 Å². The molecule has 1 aromatic carbocycles. The molecule has 0 aliphatic carbocycles. The van der Waals surface area contributed by atoms with Crippen LogP contribution in [0.2, 0.25) is 0 Å². The topological polar surface area (TPSA) is 65.1 Å². The summed E-state index contributed by atoms with van der Waals surface area (Å²) in [6.45, 7) is 4.81. The molecule has 1 saturated heterocycles. The summed E-state index contributed by atoms with van der Waals surface area (Å²) in [6, 6.07) is 9.76. The molecular weight excluding hydrogens is 302 g/mol. The van der Waals surface area contributed by atoms with Crippen LogP contribution in [0.15, 0.2) is 42.7 Å². The second-order valence-corrected chi connectivity index (χ2v) is 6.00. The maximum absolute atomic E-state index is 13.0. The van der Waals surface area contributed by atoms with Crippen molar-refractivity contribution in [2.75, 3.05) is 31.1 Å². The Hall–Kier alpha value is -2.89. The van der Waals surface area contributed by atoms with E-state index in [1.165, 1.54) is 0 Å². The highest BCUT2D eigenvalue weighted by Crippen LogP contribution is 2.24. The summed E-state index contributed by atoms with van der Waals surface area (Å²) in [7, 11) is 0. The predicted molar refractivity (Wildman–Crippen MR) is 93.2 cm³/mol. The molecule has 1 aliphatic heterocycles.